The number of hydrogen-bond donors (Lipinski definition) is 1. The standard InChI is InChI=1S/C32H46O21/c1-14(34)42-12-23-25(46-16(3)36)27(48-18(5)38)29(50-20(7)40)31(52-23)44-10-22(9-33)11-45-32-30(51-21(8)41)28(49-19(6)39)26(47-17(4)37)24(53-32)13-43-15(2)35/h22-33H,9-13H2,1-8H3/t22?,23?,24?,25-,26?,27?,28?,29-,30-,31?,32?/m1/s1. The summed E-state index contributed by atoms with van der Waals surface area (Å²) >= 11 is 0. The van der Waals surface area contributed by atoms with Crippen molar-refractivity contribution in [1.29, 1.82) is 0 Å². The average molecular weight is 767 g/mol. The maximum atomic E-state index is 12.1. The van der Waals surface area contributed by atoms with Crippen LogP contribution in [-0.4, -0.2) is 147 Å². The third-order valence-electron chi connectivity index (χ3n) is 7.15. The summed E-state index contributed by atoms with van der Waals surface area (Å²) in [5.41, 5.74) is 0. The van der Waals surface area contributed by atoms with Crippen molar-refractivity contribution in [3.8, 4) is 0 Å². The van der Waals surface area contributed by atoms with Crippen LogP contribution in [0.3, 0.4) is 0 Å². The van der Waals surface area contributed by atoms with Crippen LogP contribution >= 0.6 is 0 Å². The van der Waals surface area contributed by atoms with E-state index < -0.39 is 148 Å². The Balaban J connectivity index is 2.39. The Labute approximate surface area is 303 Å². The van der Waals surface area contributed by atoms with E-state index >= 15 is 0 Å². The maximum Gasteiger partial charge on any atom is 0.303 e. The summed E-state index contributed by atoms with van der Waals surface area (Å²) in [4.78, 5) is 95.7. The van der Waals surface area contributed by atoms with Crippen molar-refractivity contribution in [2.45, 2.75) is 117 Å². The number of aliphatic hydroxyl groups is 1. The molecular formula is C32H46O21. The summed E-state index contributed by atoms with van der Waals surface area (Å²) in [6.07, 6.45) is -14.7. The van der Waals surface area contributed by atoms with Crippen LogP contribution in [-0.2, 0) is 95.2 Å². The van der Waals surface area contributed by atoms with Gasteiger partial charge in [0.25, 0.3) is 0 Å². The van der Waals surface area contributed by atoms with Gasteiger partial charge in [-0.3, -0.25) is 38.4 Å². The number of hydrogen-bond acceptors (Lipinski definition) is 21. The van der Waals surface area contributed by atoms with E-state index in [1.807, 2.05) is 0 Å². The molecule has 1 N–H and O–H groups in total. The van der Waals surface area contributed by atoms with Crippen molar-refractivity contribution in [3.05, 3.63) is 0 Å². The van der Waals surface area contributed by atoms with Gasteiger partial charge in [-0.1, -0.05) is 0 Å². The first-order valence-corrected chi connectivity index (χ1v) is 16.3. The molecule has 0 aromatic heterocycles. The van der Waals surface area contributed by atoms with E-state index in [0.29, 0.717) is 0 Å². The zero-order valence-electron chi connectivity index (χ0n) is 30.5. The number of rotatable bonds is 17. The van der Waals surface area contributed by atoms with Crippen LogP contribution in [0.25, 0.3) is 0 Å². The molecule has 0 spiro atoms. The number of esters is 8. The normalized spacial score (nSPS) is 28.6. The lowest BCUT2D eigenvalue weighted by Gasteiger charge is -2.44. The van der Waals surface area contributed by atoms with Crippen LogP contribution in [0.5, 0.6) is 0 Å². The highest BCUT2D eigenvalue weighted by Gasteiger charge is 2.54. The van der Waals surface area contributed by atoms with Crippen LogP contribution in [0.4, 0.5) is 0 Å². The van der Waals surface area contributed by atoms with Gasteiger partial charge in [0.15, 0.2) is 49.2 Å². The molecule has 11 atom stereocenters. The quantitative estimate of drug-likeness (QED) is 0.134. The fourth-order valence-corrected chi connectivity index (χ4v) is 5.26. The SMILES string of the molecule is CC(=O)OCC1OC(OCC(CO)COC2OC(COC(C)=O)[C@@H](OC(C)=O)C(OC(C)=O)[C@H]2OC(C)=O)[C@H](OC(C)=O)C(OC(C)=O)C1OC(C)=O. The van der Waals surface area contributed by atoms with E-state index in [1.54, 1.807) is 0 Å². The molecular weight excluding hydrogens is 720 g/mol. The Morgan fingerprint density at radius 2 is 0.736 bits per heavy atom. The molecule has 2 heterocycles. The van der Waals surface area contributed by atoms with E-state index in [1.165, 1.54) is 0 Å². The molecule has 300 valence electrons. The molecule has 0 saturated carbocycles. The molecule has 53 heavy (non-hydrogen) atoms. The van der Waals surface area contributed by atoms with Crippen molar-refractivity contribution in [1.82, 2.24) is 0 Å². The smallest absolute Gasteiger partial charge is 0.303 e. The van der Waals surface area contributed by atoms with E-state index in [2.05, 4.69) is 0 Å². The molecule has 2 aliphatic heterocycles. The van der Waals surface area contributed by atoms with Crippen LogP contribution in [0.2, 0.25) is 0 Å². The minimum absolute atomic E-state index is 0.435. The molecule has 2 rings (SSSR count). The third kappa shape index (κ3) is 14.8. The molecule has 0 aliphatic carbocycles. The monoisotopic (exact) mass is 766 g/mol. The molecule has 0 radical (unpaired) electrons. The third-order valence-corrected chi connectivity index (χ3v) is 7.15. The fraction of sp³-hybridized carbons (Fsp3) is 0.750. The van der Waals surface area contributed by atoms with Gasteiger partial charge in [-0.25, -0.2) is 0 Å². The first kappa shape index (κ1) is 44.7. The van der Waals surface area contributed by atoms with Crippen LogP contribution in [0.1, 0.15) is 55.4 Å². The van der Waals surface area contributed by atoms with E-state index in [9.17, 15) is 43.5 Å². The van der Waals surface area contributed by atoms with Crippen molar-refractivity contribution in [2.24, 2.45) is 5.92 Å². The van der Waals surface area contributed by atoms with Crippen LogP contribution in [0.15, 0.2) is 0 Å². The Bertz CT molecular complexity index is 1220. The number of carbonyl (C=O) groups is 8. The number of aliphatic hydroxyl groups excluding tert-OH is 1. The van der Waals surface area contributed by atoms with Gasteiger partial charge < -0.3 is 61.9 Å². The summed E-state index contributed by atoms with van der Waals surface area (Å²) in [6, 6.07) is 0. The molecule has 21 nitrogen and oxygen atoms in total. The van der Waals surface area contributed by atoms with Crippen LogP contribution in [0, 0.1) is 5.92 Å². The summed E-state index contributed by atoms with van der Waals surface area (Å²) in [7, 11) is 0. The Hall–Kier alpha value is -4.44. The second kappa shape index (κ2) is 21.3. The highest BCUT2D eigenvalue weighted by Crippen LogP contribution is 2.32. The van der Waals surface area contributed by atoms with E-state index in [4.69, 9.17) is 56.8 Å². The van der Waals surface area contributed by atoms with Gasteiger partial charge in [0.1, 0.15) is 25.4 Å². The second-order valence-electron chi connectivity index (χ2n) is 11.9. The topological polar surface area (TPSA) is 268 Å². The van der Waals surface area contributed by atoms with Gasteiger partial charge in [0.2, 0.25) is 0 Å². The Kier molecular flexibility index (Phi) is 18.0. The highest BCUT2D eigenvalue weighted by molar-refractivity contribution is 5.70. The Morgan fingerprint density at radius 3 is 1.00 bits per heavy atom. The van der Waals surface area contributed by atoms with Gasteiger partial charge in [-0.15, -0.1) is 0 Å². The minimum atomic E-state index is -1.57. The maximum absolute atomic E-state index is 12.1. The van der Waals surface area contributed by atoms with Crippen molar-refractivity contribution in [3.63, 3.8) is 0 Å². The van der Waals surface area contributed by atoms with Gasteiger partial charge in [0.05, 0.1) is 19.8 Å². The molecule has 21 heteroatoms. The largest absolute Gasteiger partial charge is 0.463 e. The summed E-state index contributed by atoms with van der Waals surface area (Å²) in [5.74, 6) is -7.52. The van der Waals surface area contributed by atoms with Gasteiger partial charge in [-0.2, -0.15) is 0 Å². The molecule has 2 aliphatic rings. The highest BCUT2D eigenvalue weighted by atomic mass is 16.8. The Morgan fingerprint density at radius 1 is 0.453 bits per heavy atom. The lowest BCUT2D eigenvalue weighted by molar-refractivity contribution is -0.318. The van der Waals surface area contributed by atoms with Gasteiger partial charge in [0, 0.05) is 61.3 Å². The zero-order valence-corrected chi connectivity index (χ0v) is 30.5. The summed E-state index contributed by atoms with van der Waals surface area (Å²) < 4.78 is 65.8. The molecule has 0 bridgehead atoms. The van der Waals surface area contributed by atoms with Crippen molar-refractivity contribution in [2.75, 3.05) is 33.0 Å². The van der Waals surface area contributed by atoms with Crippen LogP contribution < -0.4 is 0 Å². The second-order valence-corrected chi connectivity index (χ2v) is 11.9. The fourth-order valence-electron chi connectivity index (χ4n) is 5.26. The molecule has 2 fully saturated rings. The molecule has 8 unspecified atom stereocenters. The van der Waals surface area contributed by atoms with Gasteiger partial charge >= 0.3 is 47.8 Å². The minimum Gasteiger partial charge on any atom is -0.463 e. The lowest BCUT2D eigenvalue weighted by atomic mass is 9.98. The predicted molar refractivity (Wildman–Crippen MR) is 166 cm³/mol. The molecule has 2 saturated heterocycles. The molecule has 0 amide bonds. The first-order chi connectivity index (χ1) is 24.8. The van der Waals surface area contributed by atoms with Gasteiger partial charge in [-0.05, 0) is 0 Å². The molecule has 0 aromatic rings. The number of ether oxygens (including phenoxy) is 12. The lowest BCUT2D eigenvalue weighted by Crippen LogP contribution is -2.63. The average Bonchev–Trinajstić information content (AvgIpc) is 3.02. The van der Waals surface area contributed by atoms with Crippen molar-refractivity contribution >= 4 is 47.8 Å². The summed E-state index contributed by atoms with van der Waals surface area (Å²) in [6.45, 7) is 6.03. The zero-order chi connectivity index (χ0) is 40.0. The molecule has 0 aromatic carbocycles. The predicted octanol–water partition coefficient (Wildman–Crippen LogP) is -1.21. The van der Waals surface area contributed by atoms with Crippen molar-refractivity contribution < 1.29 is 100 Å². The first-order valence-electron chi connectivity index (χ1n) is 16.3. The number of carbonyl (C=O) groups excluding carboxylic acids is 8. The summed E-state index contributed by atoms with van der Waals surface area (Å²) in [5, 5.41) is 10.2. The van der Waals surface area contributed by atoms with E-state index in [0.717, 1.165) is 55.4 Å². The van der Waals surface area contributed by atoms with E-state index in [-0.39, 0.29) is 0 Å².